The van der Waals surface area contributed by atoms with Crippen LogP contribution in [0.3, 0.4) is 0 Å². The molecule has 0 saturated heterocycles. The predicted octanol–water partition coefficient (Wildman–Crippen LogP) is 5.73. The monoisotopic (exact) mass is 452 g/mol. The van der Waals surface area contributed by atoms with Gasteiger partial charge in [0.05, 0.1) is 0 Å². The zero-order chi connectivity index (χ0) is 22.8. The number of amides is 2. The third kappa shape index (κ3) is 7.13. The minimum atomic E-state index is -0.439. The van der Waals surface area contributed by atoms with E-state index in [9.17, 15) is 9.59 Å². The number of hydrogen-bond donors (Lipinski definition) is 1. The van der Waals surface area contributed by atoms with Crippen molar-refractivity contribution in [2.45, 2.75) is 82.3 Å². The molecular weight excluding hydrogens is 416 g/mol. The number of nitrogens with one attached hydrogen (secondary N) is 1. The highest BCUT2D eigenvalue weighted by molar-refractivity contribution is 7.99. The van der Waals surface area contributed by atoms with Gasteiger partial charge < -0.3 is 10.2 Å². The molecule has 0 spiro atoms. The van der Waals surface area contributed by atoms with Crippen LogP contribution in [0.4, 0.5) is 0 Å². The van der Waals surface area contributed by atoms with Gasteiger partial charge in [-0.1, -0.05) is 68.7 Å². The largest absolute Gasteiger partial charge is 0.352 e. The first-order valence-electron chi connectivity index (χ1n) is 11.9. The molecule has 1 unspecified atom stereocenters. The van der Waals surface area contributed by atoms with Crippen molar-refractivity contribution in [2.75, 3.05) is 5.75 Å². The van der Waals surface area contributed by atoms with Gasteiger partial charge >= 0.3 is 0 Å². The lowest BCUT2D eigenvalue weighted by Crippen LogP contribution is -2.51. The molecule has 2 aromatic carbocycles. The summed E-state index contributed by atoms with van der Waals surface area (Å²) in [6.07, 6.45) is 6.71. The Kier molecular flexibility index (Phi) is 9.66. The van der Waals surface area contributed by atoms with Gasteiger partial charge in [-0.05, 0) is 49.4 Å². The second kappa shape index (κ2) is 12.7. The van der Waals surface area contributed by atoms with Crippen molar-refractivity contribution in [1.82, 2.24) is 10.2 Å². The van der Waals surface area contributed by atoms with E-state index in [1.165, 1.54) is 19.3 Å². The molecule has 32 heavy (non-hydrogen) atoms. The van der Waals surface area contributed by atoms with Gasteiger partial charge in [0, 0.05) is 29.7 Å². The lowest BCUT2D eigenvalue weighted by Gasteiger charge is -2.33. The molecule has 0 aliphatic heterocycles. The van der Waals surface area contributed by atoms with Gasteiger partial charge in [-0.15, -0.1) is 11.8 Å². The normalized spacial score (nSPS) is 15.2. The Balaban J connectivity index is 1.71. The van der Waals surface area contributed by atoms with Gasteiger partial charge in [0.15, 0.2) is 0 Å². The van der Waals surface area contributed by atoms with Crippen molar-refractivity contribution in [3.63, 3.8) is 0 Å². The van der Waals surface area contributed by atoms with Crippen LogP contribution in [-0.2, 0) is 16.1 Å². The maximum absolute atomic E-state index is 13.4. The molecule has 1 aliphatic rings. The van der Waals surface area contributed by atoms with Crippen LogP contribution in [0.2, 0.25) is 0 Å². The summed E-state index contributed by atoms with van der Waals surface area (Å²) in [5, 5.41) is 3.25. The van der Waals surface area contributed by atoms with E-state index in [0.29, 0.717) is 25.1 Å². The smallest absolute Gasteiger partial charge is 0.243 e. The van der Waals surface area contributed by atoms with Crippen LogP contribution in [0.5, 0.6) is 0 Å². The molecule has 1 aliphatic carbocycles. The van der Waals surface area contributed by atoms with Crippen molar-refractivity contribution < 1.29 is 9.59 Å². The Morgan fingerprint density at radius 3 is 2.41 bits per heavy atom. The molecule has 1 N–H and O–H groups in total. The molecule has 2 aromatic rings. The van der Waals surface area contributed by atoms with Crippen molar-refractivity contribution in [3.8, 4) is 0 Å². The fourth-order valence-corrected chi connectivity index (χ4v) is 5.21. The second-order valence-corrected chi connectivity index (χ2v) is 9.80. The van der Waals surface area contributed by atoms with Crippen LogP contribution < -0.4 is 5.32 Å². The highest BCUT2D eigenvalue weighted by atomic mass is 32.2. The lowest BCUT2D eigenvalue weighted by molar-refractivity contribution is -0.141. The lowest BCUT2D eigenvalue weighted by atomic mass is 9.95. The quantitative estimate of drug-likeness (QED) is 0.468. The van der Waals surface area contributed by atoms with E-state index in [4.69, 9.17) is 0 Å². The molecule has 1 saturated carbocycles. The Bertz CT molecular complexity index is 865. The van der Waals surface area contributed by atoms with Gasteiger partial charge in [0.1, 0.15) is 6.04 Å². The first-order chi connectivity index (χ1) is 15.6. The summed E-state index contributed by atoms with van der Waals surface area (Å²) in [4.78, 5) is 29.6. The fourth-order valence-electron chi connectivity index (χ4n) is 4.35. The molecule has 0 heterocycles. The molecule has 172 valence electrons. The van der Waals surface area contributed by atoms with Gasteiger partial charge in [0.2, 0.25) is 11.8 Å². The summed E-state index contributed by atoms with van der Waals surface area (Å²) in [5.74, 6) is 0.743. The molecular formula is C27H36N2O2S. The molecule has 5 heteroatoms. The van der Waals surface area contributed by atoms with Gasteiger partial charge in [-0.2, -0.15) is 0 Å². The summed E-state index contributed by atoms with van der Waals surface area (Å²) < 4.78 is 0. The SMILES string of the molecule is CCC(C(=O)NC1CCCCC1)N(Cc1ccccc1C)C(=O)CCSc1ccccc1. The Labute approximate surface area is 197 Å². The first-order valence-corrected chi connectivity index (χ1v) is 12.9. The Morgan fingerprint density at radius 2 is 1.72 bits per heavy atom. The topological polar surface area (TPSA) is 49.4 Å². The number of thioether (sulfide) groups is 1. The van der Waals surface area contributed by atoms with Gasteiger partial charge in [-0.25, -0.2) is 0 Å². The molecule has 0 radical (unpaired) electrons. The third-order valence-corrected chi connectivity index (χ3v) is 7.28. The number of benzene rings is 2. The number of rotatable bonds is 10. The predicted molar refractivity (Wildman–Crippen MR) is 133 cm³/mol. The molecule has 0 bridgehead atoms. The maximum Gasteiger partial charge on any atom is 0.243 e. The van der Waals surface area contributed by atoms with Gasteiger partial charge in [0.25, 0.3) is 0 Å². The van der Waals surface area contributed by atoms with Crippen molar-refractivity contribution in [1.29, 1.82) is 0 Å². The Hall–Kier alpha value is -2.27. The van der Waals surface area contributed by atoms with Crippen molar-refractivity contribution in [2.24, 2.45) is 0 Å². The standard InChI is InChI=1S/C27H36N2O2S/c1-3-25(27(31)28-23-14-6-4-7-15-23)29(20-22-13-11-10-12-21(22)2)26(30)18-19-32-24-16-8-5-9-17-24/h5,8-13,16-17,23,25H,3-4,6-7,14-15,18-20H2,1-2H3,(H,28,31). The van der Waals surface area contributed by atoms with E-state index < -0.39 is 6.04 Å². The van der Waals surface area contributed by atoms with E-state index in [1.54, 1.807) is 11.8 Å². The molecule has 0 aromatic heterocycles. The maximum atomic E-state index is 13.4. The summed E-state index contributed by atoms with van der Waals surface area (Å²) in [6.45, 7) is 4.53. The van der Waals surface area contributed by atoms with Gasteiger partial charge in [-0.3, -0.25) is 9.59 Å². The zero-order valence-corrected chi connectivity index (χ0v) is 20.2. The van der Waals surface area contributed by atoms with Crippen LogP contribution in [0, 0.1) is 6.92 Å². The van der Waals surface area contributed by atoms with E-state index in [1.807, 2.05) is 42.2 Å². The number of carbonyl (C=O) groups is 2. The molecule has 1 fully saturated rings. The van der Waals surface area contributed by atoms with E-state index in [2.05, 4.69) is 36.5 Å². The molecule has 4 nitrogen and oxygen atoms in total. The zero-order valence-electron chi connectivity index (χ0n) is 19.4. The van der Waals surface area contributed by atoms with E-state index >= 15 is 0 Å². The number of hydrogen-bond acceptors (Lipinski definition) is 3. The highest BCUT2D eigenvalue weighted by Gasteiger charge is 2.30. The minimum Gasteiger partial charge on any atom is -0.352 e. The minimum absolute atomic E-state index is 0.00273. The van der Waals surface area contributed by atoms with Crippen LogP contribution in [0.25, 0.3) is 0 Å². The van der Waals surface area contributed by atoms with Crippen molar-refractivity contribution >= 4 is 23.6 Å². The molecule has 2 amide bonds. The van der Waals surface area contributed by atoms with Crippen LogP contribution >= 0.6 is 11.8 Å². The van der Waals surface area contributed by atoms with Crippen LogP contribution in [-0.4, -0.2) is 34.6 Å². The van der Waals surface area contributed by atoms with E-state index in [-0.39, 0.29) is 17.9 Å². The third-order valence-electron chi connectivity index (χ3n) is 6.27. The average molecular weight is 453 g/mol. The summed E-state index contributed by atoms with van der Waals surface area (Å²) in [7, 11) is 0. The summed E-state index contributed by atoms with van der Waals surface area (Å²) in [6, 6.07) is 18.1. The highest BCUT2D eigenvalue weighted by Crippen LogP contribution is 2.22. The summed E-state index contributed by atoms with van der Waals surface area (Å²) >= 11 is 1.68. The molecule has 3 rings (SSSR count). The average Bonchev–Trinajstić information content (AvgIpc) is 2.81. The molecule has 1 atom stereocenters. The number of aryl methyl sites for hydroxylation is 1. The first kappa shape index (κ1) is 24.4. The van der Waals surface area contributed by atoms with Crippen molar-refractivity contribution in [3.05, 3.63) is 65.7 Å². The Morgan fingerprint density at radius 1 is 1.03 bits per heavy atom. The summed E-state index contributed by atoms with van der Waals surface area (Å²) in [5.41, 5.74) is 2.24. The van der Waals surface area contributed by atoms with Crippen LogP contribution in [0.15, 0.2) is 59.5 Å². The van der Waals surface area contributed by atoms with Crippen LogP contribution in [0.1, 0.15) is 63.0 Å². The van der Waals surface area contributed by atoms with E-state index in [0.717, 1.165) is 28.9 Å². The fraction of sp³-hybridized carbons (Fsp3) is 0.481. The second-order valence-electron chi connectivity index (χ2n) is 8.63. The number of nitrogens with zero attached hydrogens (tertiary/aromatic N) is 1. The number of carbonyl (C=O) groups excluding carboxylic acids is 2.